The fraction of sp³-hybridized carbons (Fsp3) is 0.650. The highest BCUT2D eigenvalue weighted by Gasteiger charge is 2.30. The number of benzene rings is 1. The zero-order valence-corrected chi connectivity index (χ0v) is 17.0. The number of nitrogens with one attached hydrogen (secondary N) is 2. The van der Waals surface area contributed by atoms with Crippen molar-refractivity contribution in [2.24, 2.45) is 5.92 Å². The summed E-state index contributed by atoms with van der Waals surface area (Å²) in [7, 11) is 4.10. The third kappa shape index (κ3) is 6.16. The first-order valence-electron chi connectivity index (χ1n) is 9.21. The second kappa shape index (κ2) is 11.1. The van der Waals surface area contributed by atoms with Crippen molar-refractivity contribution in [2.45, 2.75) is 67.1 Å². The van der Waals surface area contributed by atoms with Gasteiger partial charge in [0.1, 0.15) is 0 Å². The lowest BCUT2D eigenvalue weighted by Crippen LogP contribution is -2.32. The Morgan fingerprint density at radius 3 is 2.29 bits per heavy atom. The molecule has 24 heavy (non-hydrogen) atoms. The van der Waals surface area contributed by atoms with Gasteiger partial charge in [-0.15, -0.1) is 0 Å². The summed E-state index contributed by atoms with van der Waals surface area (Å²) >= 11 is 0. The average Bonchev–Trinajstić information content (AvgIpc) is 2.86. The minimum atomic E-state index is 0.0368. The summed E-state index contributed by atoms with van der Waals surface area (Å²) in [6.07, 6.45) is 1.30. The molecule has 0 fully saturated rings. The van der Waals surface area contributed by atoms with Crippen molar-refractivity contribution < 1.29 is 4.79 Å². The van der Waals surface area contributed by atoms with Crippen LogP contribution in [0.4, 0.5) is 5.69 Å². The maximum atomic E-state index is 11.4. The SMILES string of the molecule is CC.CC.CC(=O)NC1c2cc(NC(C)N(C)C)ccc2CC1C. The molecule has 0 spiro atoms. The number of nitrogens with zero attached hydrogens (tertiary/aromatic N) is 1. The fourth-order valence-electron chi connectivity index (χ4n) is 2.74. The Kier molecular flexibility index (Phi) is 10.4. The monoisotopic (exact) mass is 335 g/mol. The van der Waals surface area contributed by atoms with E-state index in [-0.39, 0.29) is 18.1 Å². The summed E-state index contributed by atoms with van der Waals surface area (Å²) in [6.45, 7) is 13.9. The van der Waals surface area contributed by atoms with Crippen LogP contribution < -0.4 is 10.6 Å². The Balaban J connectivity index is 0.00000123. The predicted molar refractivity (Wildman–Crippen MR) is 105 cm³/mol. The van der Waals surface area contributed by atoms with Gasteiger partial charge >= 0.3 is 0 Å². The van der Waals surface area contributed by atoms with E-state index < -0.39 is 0 Å². The van der Waals surface area contributed by atoms with Crippen molar-refractivity contribution in [1.29, 1.82) is 0 Å². The zero-order chi connectivity index (χ0) is 18.9. The van der Waals surface area contributed by atoms with Crippen LogP contribution in [0.3, 0.4) is 0 Å². The van der Waals surface area contributed by atoms with Crippen molar-refractivity contribution in [1.82, 2.24) is 10.2 Å². The van der Waals surface area contributed by atoms with Gasteiger partial charge in [0.15, 0.2) is 0 Å². The molecule has 138 valence electrons. The smallest absolute Gasteiger partial charge is 0.217 e. The summed E-state index contributed by atoms with van der Waals surface area (Å²) in [5, 5.41) is 6.55. The molecule has 1 aliphatic carbocycles. The standard InChI is InChI=1S/C16H25N3O.2C2H6/c1-10-8-13-6-7-14(17-11(2)19(4)5)9-15(13)16(10)18-12(3)20;2*1-2/h6-7,9-11,16-17H,8H2,1-5H3,(H,18,20);2*1-2H3. The van der Waals surface area contributed by atoms with Crippen LogP contribution in [0.5, 0.6) is 0 Å². The topological polar surface area (TPSA) is 44.4 Å². The van der Waals surface area contributed by atoms with E-state index in [1.165, 1.54) is 11.1 Å². The second-order valence-corrected chi connectivity index (χ2v) is 6.06. The molecule has 0 saturated heterocycles. The first-order chi connectivity index (χ1) is 11.4. The van der Waals surface area contributed by atoms with Crippen molar-refractivity contribution in [2.75, 3.05) is 19.4 Å². The highest BCUT2D eigenvalue weighted by atomic mass is 16.1. The molecule has 0 aliphatic heterocycles. The molecule has 0 radical (unpaired) electrons. The molecule has 1 amide bonds. The fourth-order valence-corrected chi connectivity index (χ4v) is 2.74. The Labute approximate surface area is 149 Å². The van der Waals surface area contributed by atoms with Gasteiger partial charge in [-0.25, -0.2) is 0 Å². The highest BCUT2D eigenvalue weighted by Crippen LogP contribution is 2.37. The number of rotatable bonds is 4. The number of fused-ring (bicyclic) bond motifs is 1. The number of amides is 1. The molecule has 0 heterocycles. The normalized spacial score (nSPS) is 19.2. The van der Waals surface area contributed by atoms with E-state index in [1.807, 2.05) is 41.8 Å². The first kappa shape index (κ1) is 22.4. The van der Waals surface area contributed by atoms with Crippen molar-refractivity contribution in [3.05, 3.63) is 29.3 Å². The summed E-state index contributed by atoms with van der Waals surface area (Å²) < 4.78 is 0. The van der Waals surface area contributed by atoms with Gasteiger partial charge < -0.3 is 10.6 Å². The third-order valence-corrected chi connectivity index (χ3v) is 4.10. The molecule has 1 aromatic rings. The number of anilines is 1. The molecule has 0 saturated carbocycles. The molecule has 3 atom stereocenters. The van der Waals surface area contributed by atoms with Crippen LogP contribution in [0.25, 0.3) is 0 Å². The molecule has 3 unspecified atom stereocenters. The quantitative estimate of drug-likeness (QED) is 0.800. The van der Waals surface area contributed by atoms with E-state index in [1.54, 1.807) is 6.92 Å². The van der Waals surface area contributed by atoms with Gasteiger partial charge in [0.2, 0.25) is 5.91 Å². The van der Waals surface area contributed by atoms with Gasteiger partial charge in [0.25, 0.3) is 0 Å². The van der Waals surface area contributed by atoms with E-state index in [0.29, 0.717) is 5.92 Å². The van der Waals surface area contributed by atoms with E-state index in [4.69, 9.17) is 0 Å². The molecule has 0 bridgehead atoms. The number of carbonyl (C=O) groups is 1. The van der Waals surface area contributed by atoms with E-state index in [9.17, 15) is 4.79 Å². The van der Waals surface area contributed by atoms with Gasteiger partial charge in [-0.2, -0.15) is 0 Å². The summed E-state index contributed by atoms with van der Waals surface area (Å²) in [5.41, 5.74) is 3.71. The van der Waals surface area contributed by atoms with Crippen LogP contribution in [-0.4, -0.2) is 31.1 Å². The summed E-state index contributed by atoms with van der Waals surface area (Å²) in [4.78, 5) is 13.5. The predicted octanol–water partition coefficient (Wildman–Crippen LogP) is 4.43. The molecule has 4 nitrogen and oxygen atoms in total. The van der Waals surface area contributed by atoms with Crippen molar-refractivity contribution >= 4 is 11.6 Å². The zero-order valence-electron chi connectivity index (χ0n) is 17.0. The van der Waals surface area contributed by atoms with Crippen molar-refractivity contribution in [3.63, 3.8) is 0 Å². The molecule has 1 aromatic carbocycles. The molecule has 2 N–H and O–H groups in total. The van der Waals surface area contributed by atoms with Crippen LogP contribution >= 0.6 is 0 Å². The van der Waals surface area contributed by atoms with Gasteiger partial charge in [0, 0.05) is 12.6 Å². The molecule has 1 aliphatic rings. The maximum Gasteiger partial charge on any atom is 0.217 e. The number of carbonyl (C=O) groups excluding carboxylic acids is 1. The molecule has 2 rings (SSSR count). The second-order valence-electron chi connectivity index (χ2n) is 6.06. The van der Waals surface area contributed by atoms with Crippen LogP contribution in [0, 0.1) is 5.92 Å². The lowest BCUT2D eigenvalue weighted by molar-refractivity contribution is -0.120. The van der Waals surface area contributed by atoms with Gasteiger partial charge in [0.05, 0.1) is 12.2 Å². The highest BCUT2D eigenvalue weighted by molar-refractivity contribution is 5.74. The lowest BCUT2D eigenvalue weighted by Gasteiger charge is -2.23. The molecular weight excluding hydrogens is 298 g/mol. The van der Waals surface area contributed by atoms with Crippen LogP contribution in [0.2, 0.25) is 0 Å². The first-order valence-corrected chi connectivity index (χ1v) is 9.21. The minimum absolute atomic E-state index is 0.0368. The minimum Gasteiger partial charge on any atom is -0.370 e. The summed E-state index contributed by atoms with van der Waals surface area (Å²) in [5.74, 6) is 0.491. The molecule has 0 aromatic heterocycles. The Bertz CT molecular complexity index is 500. The van der Waals surface area contributed by atoms with E-state index in [2.05, 4.69) is 47.6 Å². The van der Waals surface area contributed by atoms with Gasteiger partial charge in [-0.05, 0) is 56.6 Å². The molecular formula is C20H37N3O. The van der Waals surface area contributed by atoms with E-state index in [0.717, 1.165) is 12.1 Å². The average molecular weight is 336 g/mol. The summed E-state index contributed by atoms with van der Waals surface area (Å²) in [6, 6.07) is 6.62. The largest absolute Gasteiger partial charge is 0.370 e. The van der Waals surface area contributed by atoms with Crippen LogP contribution in [0.1, 0.15) is 65.6 Å². The van der Waals surface area contributed by atoms with Crippen molar-refractivity contribution in [3.8, 4) is 0 Å². The Morgan fingerprint density at radius 1 is 1.21 bits per heavy atom. The number of hydrogen-bond acceptors (Lipinski definition) is 3. The van der Waals surface area contributed by atoms with Gasteiger partial charge in [-0.3, -0.25) is 9.69 Å². The third-order valence-electron chi connectivity index (χ3n) is 4.10. The van der Waals surface area contributed by atoms with Gasteiger partial charge in [-0.1, -0.05) is 40.7 Å². The van der Waals surface area contributed by atoms with Crippen LogP contribution in [-0.2, 0) is 11.2 Å². The Morgan fingerprint density at radius 2 is 1.79 bits per heavy atom. The van der Waals surface area contributed by atoms with Crippen LogP contribution in [0.15, 0.2) is 18.2 Å². The molecule has 4 heteroatoms. The lowest BCUT2D eigenvalue weighted by atomic mass is 10.0. The number of hydrogen-bond donors (Lipinski definition) is 2. The Hall–Kier alpha value is -1.55. The maximum absolute atomic E-state index is 11.4. The van der Waals surface area contributed by atoms with E-state index >= 15 is 0 Å².